The number of hydrogen-bond donors (Lipinski definition) is 2. The van der Waals surface area contributed by atoms with Crippen molar-refractivity contribution in [3.05, 3.63) is 35.4 Å². The summed E-state index contributed by atoms with van der Waals surface area (Å²) < 4.78 is 26.3. The molecule has 2 N–H and O–H groups in total. The number of carbonyl (C=O) groups is 2. The average Bonchev–Trinajstić information content (AvgIpc) is 2.60. The van der Waals surface area contributed by atoms with Gasteiger partial charge in [0, 0.05) is 25.6 Å². The Morgan fingerprint density at radius 3 is 2.35 bits per heavy atom. The first-order valence-electron chi connectivity index (χ1n) is 8.90. The van der Waals surface area contributed by atoms with E-state index in [9.17, 15) is 18.0 Å². The minimum absolute atomic E-state index is 0.0437. The maximum Gasteiger partial charge on any atom is 0.335 e. The minimum Gasteiger partial charge on any atom is -0.478 e. The summed E-state index contributed by atoms with van der Waals surface area (Å²) in [4.78, 5) is 24.9. The molecule has 0 bridgehead atoms. The van der Waals surface area contributed by atoms with Crippen LogP contribution in [0.25, 0.3) is 0 Å². The largest absolute Gasteiger partial charge is 0.478 e. The van der Waals surface area contributed by atoms with E-state index in [-0.39, 0.29) is 23.3 Å². The van der Waals surface area contributed by atoms with Crippen molar-refractivity contribution < 1.29 is 23.1 Å². The predicted molar refractivity (Wildman–Crippen MR) is 98.5 cm³/mol. The van der Waals surface area contributed by atoms with Crippen molar-refractivity contribution in [3.63, 3.8) is 0 Å². The molecule has 8 heteroatoms. The highest BCUT2D eigenvalue weighted by Gasteiger charge is 2.25. The van der Waals surface area contributed by atoms with Crippen LogP contribution in [0.1, 0.15) is 48.5 Å². The van der Waals surface area contributed by atoms with Gasteiger partial charge in [0.2, 0.25) is 15.9 Å². The number of aryl methyl sites for hydroxylation is 1. The molecule has 1 aliphatic rings. The molecule has 2 rings (SSSR count). The van der Waals surface area contributed by atoms with Crippen LogP contribution in [-0.4, -0.2) is 55.2 Å². The minimum atomic E-state index is -3.22. The molecule has 0 radical (unpaired) electrons. The number of likely N-dealkylation sites (tertiary alicyclic amines) is 1. The lowest BCUT2D eigenvalue weighted by Gasteiger charge is -2.32. The van der Waals surface area contributed by atoms with Gasteiger partial charge >= 0.3 is 5.97 Å². The number of hydrogen-bond acceptors (Lipinski definition) is 4. The molecule has 144 valence electrons. The van der Waals surface area contributed by atoms with E-state index in [4.69, 9.17) is 5.11 Å². The highest BCUT2D eigenvalue weighted by molar-refractivity contribution is 7.89. The van der Waals surface area contributed by atoms with Gasteiger partial charge in [-0.3, -0.25) is 4.79 Å². The highest BCUT2D eigenvalue weighted by atomic mass is 32.2. The van der Waals surface area contributed by atoms with E-state index in [1.165, 1.54) is 12.1 Å². The van der Waals surface area contributed by atoms with Crippen molar-refractivity contribution >= 4 is 21.9 Å². The molecule has 0 saturated carbocycles. The molecular formula is C18H26N2O5S. The standard InChI is InChI=1S/C18H26N2O5S/c1-2-13-26(24,25)19-16-9-11-20(12-10-16)17(21)8-5-14-3-6-15(7-4-14)18(22)23/h3-4,6-7,16,19H,2,5,8-13H2,1H3,(H,22,23). The third-order valence-electron chi connectivity index (χ3n) is 4.50. The summed E-state index contributed by atoms with van der Waals surface area (Å²) in [6, 6.07) is 6.43. The van der Waals surface area contributed by atoms with Crippen LogP contribution in [0.4, 0.5) is 0 Å². The molecule has 0 aliphatic carbocycles. The zero-order valence-electron chi connectivity index (χ0n) is 15.0. The highest BCUT2D eigenvalue weighted by Crippen LogP contribution is 2.14. The van der Waals surface area contributed by atoms with Gasteiger partial charge in [-0.15, -0.1) is 0 Å². The maximum atomic E-state index is 12.3. The fourth-order valence-corrected chi connectivity index (χ4v) is 4.45. The topological polar surface area (TPSA) is 104 Å². The van der Waals surface area contributed by atoms with Gasteiger partial charge in [-0.05, 0) is 43.4 Å². The number of carboxylic acids is 1. The molecule has 1 aromatic carbocycles. The Kier molecular flexibility index (Phi) is 7.16. The zero-order valence-corrected chi connectivity index (χ0v) is 15.8. The maximum absolute atomic E-state index is 12.3. The summed E-state index contributed by atoms with van der Waals surface area (Å²) in [7, 11) is -3.22. The Balaban J connectivity index is 1.77. The van der Waals surface area contributed by atoms with E-state index in [1.807, 2.05) is 6.92 Å². The quantitative estimate of drug-likeness (QED) is 0.711. The van der Waals surface area contributed by atoms with Gasteiger partial charge in [0.25, 0.3) is 0 Å². The fraction of sp³-hybridized carbons (Fsp3) is 0.556. The molecule has 1 aromatic rings. The van der Waals surface area contributed by atoms with Gasteiger partial charge in [0.1, 0.15) is 0 Å². The van der Waals surface area contributed by atoms with Gasteiger partial charge in [0.05, 0.1) is 11.3 Å². The number of sulfonamides is 1. The number of carboxylic acid groups (broad SMARTS) is 1. The zero-order chi connectivity index (χ0) is 19.2. The molecule has 0 spiro atoms. The third kappa shape index (κ3) is 6.10. The van der Waals surface area contributed by atoms with Crippen molar-refractivity contribution in [2.75, 3.05) is 18.8 Å². The van der Waals surface area contributed by atoms with Crippen LogP contribution in [0.15, 0.2) is 24.3 Å². The predicted octanol–water partition coefficient (Wildman–Crippen LogP) is 1.64. The lowest BCUT2D eigenvalue weighted by atomic mass is 10.0. The van der Waals surface area contributed by atoms with E-state index in [0.717, 1.165) is 5.56 Å². The van der Waals surface area contributed by atoms with Gasteiger partial charge in [0.15, 0.2) is 0 Å². The van der Waals surface area contributed by atoms with Crippen LogP contribution in [0, 0.1) is 0 Å². The summed E-state index contributed by atoms with van der Waals surface area (Å²) in [6.45, 7) is 2.93. The molecule has 0 aromatic heterocycles. The Morgan fingerprint density at radius 2 is 1.81 bits per heavy atom. The van der Waals surface area contributed by atoms with Gasteiger partial charge in [-0.25, -0.2) is 17.9 Å². The Labute approximate surface area is 154 Å². The van der Waals surface area contributed by atoms with Crippen molar-refractivity contribution in [2.24, 2.45) is 0 Å². The second kappa shape index (κ2) is 9.14. The molecule has 1 heterocycles. The summed E-state index contributed by atoms with van der Waals surface area (Å²) in [6.07, 6.45) is 2.75. The second-order valence-corrected chi connectivity index (χ2v) is 8.47. The molecule has 1 amide bonds. The van der Waals surface area contributed by atoms with Crippen molar-refractivity contribution in [1.82, 2.24) is 9.62 Å². The monoisotopic (exact) mass is 382 g/mol. The van der Waals surface area contributed by atoms with Crippen LogP contribution >= 0.6 is 0 Å². The summed E-state index contributed by atoms with van der Waals surface area (Å²) >= 11 is 0. The molecule has 7 nitrogen and oxygen atoms in total. The molecule has 0 atom stereocenters. The number of benzene rings is 1. The number of piperidine rings is 1. The first-order valence-corrected chi connectivity index (χ1v) is 10.6. The summed E-state index contributed by atoms with van der Waals surface area (Å²) in [5.74, 6) is -0.792. The van der Waals surface area contributed by atoms with Gasteiger partial charge in [-0.1, -0.05) is 19.1 Å². The Morgan fingerprint density at radius 1 is 1.19 bits per heavy atom. The van der Waals surface area contributed by atoms with E-state index < -0.39 is 16.0 Å². The molecular weight excluding hydrogens is 356 g/mol. The lowest BCUT2D eigenvalue weighted by Crippen LogP contribution is -2.47. The molecule has 1 aliphatic heterocycles. The first-order chi connectivity index (χ1) is 12.3. The Hall–Kier alpha value is -1.93. The van der Waals surface area contributed by atoms with Crippen LogP contribution < -0.4 is 4.72 Å². The van der Waals surface area contributed by atoms with Crippen molar-refractivity contribution in [1.29, 1.82) is 0 Å². The number of nitrogens with zero attached hydrogens (tertiary/aromatic N) is 1. The van der Waals surface area contributed by atoms with Crippen molar-refractivity contribution in [3.8, 4) is 0 Å². The van der Waals surface area contributed by atoms with Gasteiger partial charge < -0.3 is 10.0 Å². The lowest BCUT2D eigenvalue weighted by molar-refractivity contribution is -0.132. The first kappa shape index (κ1) is 20.4. The number of carbonyl (C=O) groups excluding carboxylic acids is 1. The smallest absolute Gasteiger partial charge is 0.335 e. The normalized spacial score (nSPS) is 15.8. The SMILES string of the molecule is CCCS(=O)(=O)NC1CCN(C(=O)CCc2ccc(C(=O)O)cc2)CC1. The number of nitrogens with one attached hydrogen (secondary N) is 1. The molecule has 0 unspecified atom stereocenters. The van der Waals surface area contributed by atoms with Crippen LogP contribution in [-0.2, 0) is 21.2 Å². The molecule has 1 fully saturated rings. The third-order valence-corrected chi connectivity index (χ3v) is 6.13. The van der Waals surface area contributed by atoms with Crippen LogP contribution in [0.2, 0.25) is 0 Å². The second-order valence-electron chi connectivity index (χ2n) is 6.59. The van der Waals surface area contributed by atoms with Crippen LogP contribution in [0.5, 0.6) is 0 Å². The average molecular weight is 382 g/mol. The van der Waals surface area contributed by atoms with Gasteiger partial charge in [-0.2, -0.15) is 0 Å². The number of aromatic carboxylic acids is 1. The molecule has 1 saturated heterocycles. The van der Waals surface area contributed by atoms with E-state index in [1.54, 1.807) is 17.0 Å². The van der Waals surface area contributed by atoms with E-state index in [2.05, 4.69) is 4.72 Å². The summed E-state index contributed by atoms with van der Waals surface area (Å²) in [5, 5.41) is 8.88. The fourth-order valence-electron chi connectivity index (χ4n) is 3.05. The van der Waals surface area contributed by atoms with Crippen LogP contribution in [0.3, 0.4) is 0 Å². The molecule has 26 heavy (non-hydrogen) atoms. The summed E-state index contributed by atoms with van der Waals surface area (Å²) in [5.41, 5.74) is 1.15. The Bertz CT molecular complexity index is 722. The number of amides is 1. The number of rotatable bonds is 8. The van der Waals surface area contributed by atoms with Crippen molar-refractivity contribution in [2.45, 2.75) is 45.1 Å². The van der Waals surface area contributed by atoms with E-state index >= 15 is 0 Å². The van der Waals surface area contributed by atoms with E-state index in [0.29, 0.717) is 45.2 Å².